The van der Waals surface area contributed by atoms with Gasteiger partial charge in [-0.1, -0.05) is 30.7 Å². The Morgan fingerprint density at radius 1 is 1.33 bits per heavy atom. The predicted octanol–water partition coefficient (Wildman–Crippen LogP) is 3.11. The summed E-state index contributed by atoms with van der Waals surface area (Å²) < 4.78 is 0. The zero-order valence-corrected chi connectivity index (χ0v) is 13.5. The standard InChI is InChI=1S/C19H25NO/c1-11-5-6-15-13(7-11)8-17-16-9-14(12(2)21)18(20(17)4)10-19(15,16)3/h5-7,14,16-18H,8-10H2,1-4H3/t14?,16?,17?,18?,19-/m1/s1. The summed E-state index contributed by atoms with van der Waals surface area (Å²) in [5, 5.41) is 0. The molecular formula is C19H25NO. The number of piperidine rings is 2. The Labute approximate surface area is 127 Å². The van der Waals surface area contributed by atoms with Crippen molar-refractivity contribution in [3.8, 4) is 0 Å². The van der Waals surface area contributed by atoms with Crippen LogP contribution < -0.4 is 0 Å². The Morgan fingerprint density at radius 2 is 2.10 bits per heavy atom. The zero-order valence-electron chi connectivity index (χ0n) is 13.5. The van der Waals surface area contributed by atoms with Gasteiger partial charge in [-0.15, -0.1) is 0 Å². The van der Waals surface area contributed by atoms with Crippen LogP contribution in [0, 0.1) is 18.8 Å². The van der Waals surface area contributed by atoms with Gasteiger partial charge in [0, 0.05) is 18.0 Å². The molecule has 0 spiro atoms. The van der Waals surface area contributed by atoms with Crippen molar-refractivity contribution >= 4 is 5.78 Å². The minimum absolute atomic E-state index is 0.260. The van der Waals surface area contributed by atoms with Crippen LogP contribution in [0.4, 0.5) is 0 Å². The first-order valence-electron chi connectivity index (χ1n) is 8.24. The monoisotopic (exact) mass is 283 g/mol. The summed E-state index contributed by atoms with van der Waals surface area (Å²) in [6.45, 7) is 6.43. The third-order valence-corrected chi connectivity index (χ3v) is 6.76. The lowest BCUT2D eigenvalue weighted by atomic mass is 9.49. The van der Waals surface area contributed by atoms with E-state index in [0.717, 1.165) is 19.3 Å². The average molecular weight is 283 g/mol. The van der Waals surface area contributed by atoms with Crippen molar-refractivity contribution in [1.29, 1.82) is 0 Å². The third-order valence-electron chi connectivity index (χ3n) is 6.76. The van der Waals surface area contributed by atoms with Crippen molar-refractivity contribution in [1.82, 2.24) is 4.90 Å². The molecule has 3 fully saturated rings. The van der Waals surface area contributed by atoms with Gasteiger partial charge < -0.3 is 0 Å². The van der Waals surface area contributed by atoms with Crippen LogP contribution in [0.2, 0.25) is 0 Å². The number of carbonyl (C=O) groups is 1. The van der Waals surface area contributed by atoms with Gasteiger partial charge in [-0.2, -0.15) is 0 Å². The topological polar surface area (TPSA) is 20.3 Å². The van der Waals surface area contributed by atoms with Gasteiger partial charge in [0.25, 0.3) is 0 Å². The molecule has 2 nitrogen and oxygen atoms in total. The first-order chi connectivity index (χ1) is 9.91. The second-order valence-corrected chi connectivity index (χ2v) is 7.85. The Balaban J connectivity index is 1.83. The Kier molecular flexibility index (Phi) is 2.70. The van der Waals surface area contributed by atoms with Crippen LogP contribution in [0.25, 0.3) is 0 Å². The fraction of sp³-hybridized carbons (Fsp3) is 0.632. The van der Waals surface area contributed by atoms with Crippen LogP contribution in [-0.2, 0) is 16.6 Å². The quantitative estimate of drug-likeness (QED) is 0.789. The molecule has 4 bridgehead atoms. The van der Waals surface area contributed by atoms with Crippen LogP contribution in [0.15, 0.2) is 18.2 Å². The van der Waals surface area contributed by atoms with Crippen molar-refractivity contribution in [2.75, 3.05) is 7.05 Å². The summed E-state index contributed by atoms with van der Waals surface area (Å²) in [7, 11) is 2.25. The summed E-state index contributed by atoms with van der Waals surface area (Å²) in [5.74, 6) is 1.29. The predicted molar refractivity (Wildman–Crippen MR) is 84.5 cm³/mol. The van der Waals surface area contributed by atoms with Crippen LogP contribution in [0.3, 0.4) is 0 Å². The van der Waals surface area contributed by atoms with E-state index in [1.54, 1.807) is 18.1 Å². The molecule has 2 aliphatic heterocycles. The van der Waals surface area contributed by atoms with Crippen molar-refractivity contribution in [3.63, 3.8) is 0 Å². The summed E-state index contributed by atoms with van der Waals surface area (Å²) in [6, 6.07) is 8.08. The van der Waals surface area contributed by atoms with E-state index in [-0.39, 0.29) is 11.3 Å². The lowest BCUT2D eigenvalue weighted by Crippen LogP contribution is -2.68. The molecule has 2 heterocycles. The second kappa shape index (κ2) is 4.19. The average Bonchev–Trinajstić information content (AvgIpc) is 2.42. The van der Waals surface area contributed by atoms with Crippen molar-refractivity contribution < 1.29 is 4.79 Å². The van der Waals surface area contributed by atoms with Gasteiger partial charge in [0.1, 0.15) is 5.78 Å². The molecule has 4 unspecified atom stereocenters. The normalized spacial score (nSPS) is 41.0. The number of hydrogen-bond acceptors (Lipinski definition) is 2. The van der Waals surface area contributed by atoms with E-state index in [0.29, 0.717) is 23.8 Å². The van der Waals surface area contributed by atoms with Gasteiger partial charge in [0.2, 0.25) is 0 Å². The fourth-order valence-electron chi connectivity index (χ4n) is 5.66. The Hall–Kier alpha value is -1.15. The van der Waals surface area contributed by atoms with Gasteiger partial charge in [-0.3, -0.25) is 9.69 Å². The van der Waals surface area contributed by atoms with Crippen LogP contribution in [0.5, 0.6) is 0 Å². The number of Topliss-reactive ketones (excluding diaryl/α,β-unsaturated/α-hetero) is 1. The second-order valence-electron chi connectivity index (χ2n) is 7.85. The number of fused-ring (bicyclic) bond motifs is 2. The van der Waals surface area contributed by atoms with Crippen molar-refractivity contribution in [2.45, 2.75) is 57.5 Å². The smallest absolute Gasteiger partial charge is 0.134 e. The van der Waals surface area contributed by atoms with E-state index in [2.05, 4.69) is 44.0 Å². The Morgan fingerprint density at radius 3 is 2.81 bits per heavy atom. The molecule has 1 aromatic carbocycles. The number of hydrogen-bond donors (Lipinski definition) is 0. The van der Waals surface area contributed by atoms with Gasteiger partial charge in [0.05, 0.1) is 0 Å². The maximum atomic E-state index is 12.0. The number of benzene rings is 1. The molecule has 2 aliphatic carbocycles. The molecule has 5 rings (SSSR count). The number of nitrogens with zero attached hydrogens (tertiary/aromatic N) is 1. The highest BCUT2D eigenvalue weighted by molar-refractivity contribution is 5.79. The number of likely N-dealkylation sites (N-methyl/N-ethyl adjacent to an activating group) is 1. The molecule has 1 saturated carbocycles. The first-order valence-corrected chi connectivity index (χ1v) is 8.24. The summed E-state index contributed by atoms with van der Waals surface area (Å²) in [6.07, 6.45) is 3.40. The van der Waals surface area contributed by atoms with Crippen LogP contribution >= 0.6 is 0 Å². The van der Waals surface area contributed by atoms with Crippen LogP contribution in [0.1, 0.15) is 43.4 Å². The molecule has 5 atom stereocenters. The number of carbonyl (C=O) groups excluding carboxylic acids is 1. The van der Waals surface area contributed by atoms with Crippen LogP contribution in [-0.4, -0.2) is 29.8 Å². The van der Waals surface area contributed by atoms with E-state index >= 15 is 0 Å². The fourth-order valence-corrected chi connectivity index (χ4v) is 5.66. The highest BCUT2D eigenvalue weighted by atomic mass is 16.1. The SMILES string of the molecule is CC(=O)C1CC2C3Cc4cc(C)ccc4[C@@]2(C)CC1N3C. The molecule has 0 amide bonds. The largest absolute Gasteiger partial charge is 0.300 e. The highest BCUT2D eigenvalue weighted by Gasteiger charge is 2.59. The maximum absolute atomic E-state index is 12.0. The molecule has 2 heteroatoms. The van der Waals surface area contributed by atoms with E-state index in [4.69, 9.17) is 0 Å². The molecule has 0 N–H and O–H groups in total. The summed E-state index contributed by atoms with van der Waals surface area (Å²) in [4.78, 5) is 14.6. The minimum Gasteiger partial charge on any atom is -0.300 e. The number of rotatable bonds is 1. The Bertz CT molecular complexity index is 622. The van der Waals surface area contributed by atoms with E-state index in [1.807, 2.05) is 0 Å². The number of ketones is 1. The molecule has 4 aliphatic rings. The molecule has 2 saturated heterocycles. The van der Waals surface area contributed by atoms with Gasteiger partial charge in [-0.05, 0) is 62.6 Å². The lowest BCUT2D eigenvalue weighted by Gasteiger charge is -2.64. The third kappa shape index (κ3) is 1.66. The zero-order chi connectivity index (χ0) is 14.9. The van der Waals surface area contributed by atoms with Crippen molar-refractivity contribution in [3.05, 3.63) is 34.9 Å². The van der Waals surface area contributed by atoms with E-state index in [9.17, 15) is 4.79 Å². The van der Waals surface area contributed by atoms with Gasteiger partial charge in [0.15, 0.2) is 0 Å². The van der Waals surface area contributed by atoms with E-state index < -0.39 is 0 Å². The van der Waals surface area contributed by atoms with Crippen molar-refractivity contribution in [2.24, 2.45) is 11.8 Å². The molecule has 1 aromatic rings. The molecule has 0 radical (unpaired) electrons. The molecule has 0 aromatic heterocycles. The summed E-state index contributed by atoms with van der Waals surface area (Å²) >= 11 is 0. The molecular weight excluding hydrogens is 258 g/mol. The molecule has 21 heavy (non-hydrogen) atoms. The maximum Gasteiger partial charge on any atom is 0.134 e. The lowest BCUT2D eigenvalue weighted by molar-refractivity contribution is -0.137. The highest BCUT2D eigenvalue weighted by Crippen LogP contribution is 2.57. The minimum atomic E-state index is 0.260. The molecule has 112 valence electrons. The van der Waals surface area contributed by atoms with Gasteiger partial charge >= 0.3 is 0 Å². The summed E-state index contributed by atoms with van der Waals surface area (Å²) in [5.41, 5.74) is 4.75. The van der Waals surface area contributed by atoms with E-state index in [1.165, 1.54) is 5.56 Å². The number of aryl methyl sites for hydroxylation is 1. The van der Waals surface area contributed by atoms with Gasteiger partial charge in [-0.25, -0.2) is 0 Å². The first kappa shape index (κ1) is 13.5.